The van der Waals surface area contributed by atoms with Crippen molar-refractivity contribution in [3.05, 3.63) is 29.8 Å². The van der Waals surface area contributed by atoms with E-state index in [1.807, 2.05) is 0 Å². The van der Waals surface area contributed by atoms with Crippen molar-refractivity contribution >= 4 is 28.5 Å². The summed E-state index contributed by atoms with van der Waals surface area (Å²) in [6.07, 6.45) is 0.00927. The Kier molecular flexibility index (Phi) is 5.47. The fourth-order valence-corrected chi connectivity index (χ4v) is 1.67. The second-order valence-corrected chi connectivity index (χ2v) is 4.51. The van der Waals surface area contributed by atoms with E-state index in [-0.39, 0.29) is 24.5 Å². The summed E-state index contributed by atoms with van der Waals surface area (Å²) in [5, 5.41) is 2.69. The minimum Gasteiger partial charge on any atom is -0.371 e. The van der Waals surface area contributed by atoms with Gasteiger partial charge in [-0.25, -0.2) is 4.21 Å². The molecule has 0 aliphatic carbocycles. The van der Waals surface area contributed by atoms with Crippen LogP contribution in [0, 0.1) is 0 Å². The molecule has 0 fully saturated rings. The first-order valence-electron chi connectivity index (χ1n) is 5.22. The van der Waals surface area contributed by atoms with Gasteiger partial charge < -0.3 is 15.6 Å². The Hall–Kier alpha value is -1.73. The number of hydrogen-bond acceptors (Lipinski definition) is 4. The van der Waals surface area contributed by atoms with E-state index in [4.69, 9.17) is 10.3 Å². The maximum atomic E-state index is 11.8. The molecule has 1 unspecified atom stereocenters. The van der Waals surface area contributed by atoms with Gasteiger partial charge in [0.15, 0.2) is 16.9 Å². The molecule has 0 aromatic heterocycles. The molecule has 1 rings (SSSR count). The van der Waals surface area contributed by atoms with Gasteiger partial charge in [-0.3, -0.25) is 9.59 Å². The highest BCUT2D eigenvalue weighted by atomic mass is 32.2. The van der Waals surface area contributed by atoms with Crippen molar-refractivity contribution in [1.82, 2.24) is 0 Å². The molecule has 7 heteroatoms. The van der Waals surface area contributed by atoms with Crippen molar-refractivity contribution in [1.29, 1.82) is 0 Å². The number of anilines is 1. The molecule has 0 bridgehead atoms. The zero-order valence-electron chi connectivity index (χ0n) is 9.59. The average Bonchev–Trinajstić information content (AvgIpc) is 2.33. The van der Waals surface area contributed by atoms with E-state index in [1.54, 1.807) is 24.3 Å². The molecule has 0 radical (unpaired) electrons. The normalized spacial score (nSPS) is 11.8. The van der Waals surface area contributed by atoms with E-state index < -0.39 is 17.0 Å². The van der Waals surface area contributed by atoms with Crippen LogP contribution in [0.4, 0.5) is 5.69 Å². The molecule has 0 aliphatic heterocycles. The summed E-state index contributed by atoms with van der Waals surface area (Å²) < 4.78 is 19.3. The highest BCUT2D eigenvalue weighted by molar-refractivity contribution is 7.79. The molecule has 1 atom stereocenters. The summed E-state index contributed by atoms with van der Waals surface area (Å²) in [5.74, 6) is -0.939. The van der Waals surface area contributed by atoms with Crippen molar-refractivity contribution in [3.8, 4) is 0 Å². The van der Waals surface area contributed by atoms with Gasteiger partial charge in [-0.1, -0.05) is 12.1 Å². The first-order chi connectivity index (χ1) is 8.50. The van der Waals surface area contributed by atoms with Crippen LogP contribution in [0.1, 0.15) is 23.2 Å². The molecular formula is C11H14N2O4S. The number of carbonyl (C=O) groups excluding carboxylic acids is 2. The van der Waals surface area contributed by atoms with Gasteiger partial charge in [-0.2, -0.15) is 0 Å². The second-order valence-electron chi connectivity index (χ2n) is 3.58. The zero-order valence-corrected chi connectivity index (χ0v) is 10.4. The third kappa shape index (κ3) is 4.64. The summed E-state index contributed by atoms with van der Waals surface area (Å²) in [4.78, 5) is 22.4. The maximum Gasteiger partial charge on any atom is 0.217 e. The summed E-state index contributed by atoms with van der Waals surface area (Å²) in [7, 11) is 0. The van der Waals surface area contributed by atoms with Gasteiger partial charge in [0.1, 0.15) is 5.88 Å². The number of nitrogens with two attached hydrogens (primary N) is 1. The van der Waals surface area contributed by atoms with Crippen molar-refractivity contribution in [3.63, 3.8) is 0 Å². The minimum atomic E-state index is -2.00. The lowest BCUT2D eigenvalue weighted by Gasteiger charge is -2.09. The number of ketones is 1. The van der Waals surface area contributed by atoms with Crippen LogP contribution in [0.3, 0.4) is 0 Å². The molecule has 0 heterocycles. The number of hydrogen-bond donors (Lipinski definition) is 3. The molecule has 98 valence electrons. The Labute approximate surface area is 107 Å². The third-order valence-corrected chi connectivity index (χ3v) is 2.60. The van der Waals surface area contributed by atoms with Crippen LogP contribution in [0.25, 0.3) is 0 Å². The molecular weight excluding hydrogens is 256 g/mol. The van der Waals surface area contributed by atoms with Crippen molar-refractivity contribution in [2.45, 2.75) is 12.8 Å². The van der Waals surface area contributed by atoms with Gasteiger partial charge in [-0.05, 0) is 12.1 Å². The predicted octanol–water partition coefficient (Wildman–Crippen LogP) is 0.726. The Bertz CT molecular complexity index is 476. The van der Waals surface area contributed by atoms with E-state index in [0.717, 1.165) is 0 Å². The molecule has 18 heavy (non-hydrogen) atoms. The highest BCUT2D eigenvalue weighted by Crippen LogP contribution is 2.17. The number of carbonyl (C=O) groups is 2. The maximum absolute atomic E-state index is 11.8. The Balaban J connectivity index is 2.77. The van der Waals surface area contributed by atoms with Crippen LogP contribution in [0.2, 0.25) is 0 Å². The Morgan fingerprint density at radius 2 is 1.94 bits per heavy atom. The van der Waals surface area contributed by atoms with Gasteiger partial charge in [0.2, 0.25) is 5.91 Å². The molecule has 0 spiro atoms. The number of benzene rings is 1. The lowest BCUT2D eigenvalue weighted by molar-refractivity contribution is -0.118. The lowest BCUT2D eigenvalue weighted by Crippen LogP contribution is -2.14. The first kappa shape index (κ1) is 14.3. The zero-order chi connectivity index (χ0) is 13.5. The molecule has 1 aromatic carbocycles. The summed E-state index contributed by atoms with van der Waals surface area (Å²) in [5.41, 5.74) is 5.82. The van der Waals surface area contributed by atoms with Crippen molar-refractivity contribution < 1.29 is 18.4 Å². The number of para-hydroxylation sites is 1. The number of rotatable bonds is 7. The molecule has 0 saturated heterocycles. The van der Waals surface area contributed by atoms with Crippen LogP contribution in [0.15, 0.2) is 24.3 Å². The third-order valence-electron chi connectivity index (χ3n) is 2.21. The van der Waals surface area contributed by atoms with Gasteiger partial charge in [-0.15, -0.1) is 0 Å². The van der Waals surface area contributed by atoms with E-state index in [9.17, 15) is 13.8 Å². The lowest BCUT2D eigenvalue weighted by atomic mass is 10.0. The minimum absolute atomic E-state index is 0.0148. The molecule has 0 aliphatic rings. The number of amides is 1. The summed E-state index contributed by atoms with van der Waals surface area (Å²) in [6.45, 7) is 0. The number of nitrogens with one attached hydrogen (secondary N) is 1. The highest BCUT2D eigenvalue weighted by Gasteiger charge is 2.12. The molecule has 1 amide bonds. The average molecular weight is 270 g/mol. The standard InChI is InChI=1S/C11H14N2O4S/c12-11(15)6-5-10(14)8-3-1-2-4-9(8)13-7-18(16)17/h1-4,13H,5-7H2,(H2,12,15)(H,16,17). The first-order valence-corrected chi connectivity index (χ1v) is 6.50. The van der Waals surface area contributed by atoms with Gasteiger partial charge >= 0.3 is 0 Å². The van der Waals surface area contributed by atoms with Crippen molar-refractivity contribution in [2.75, 3.05) is 11.2 Å². The molecule has 4 N–H and O–H groups in total. The van der Waals surface area contributed by atoms with E-state index >= 15 is 0 Å². The van der Waals surface area contributed by atoms with Crippen LogP contribution in [-0.4, -0.2) is 26.3 Å². The van der Waals surface area contributed by atoms with Gasteiger partial charge in [0.05, 0.1) is 0 Å². The number of Topliss-reactive ketones (excluding diaryl/α,β-unsaturated/α-hetero) is 1. The van der Waals surface area contributed by atoms with Crippen LogP contribution >= 0.6 is 0 Å². The van der Waals surface area contributed by atoms with E-state index in [1.165, 1.54) is 0 Å². The monoisotopic (exact) mass is 270 g/mol. The van der Waals surface area contributed by atoms with Crippen molar-refractivity contribution in [2.24, 2.45) is 5.73 Å². The smallest absolute Gasteiger partial charge is 0.217 e. The SMILES string of the molecule is NC(=O)CCC(=O)c1ccccc1NCS(=O)O. The molecule has 6 nitrogen and oxygen atoms in total. The Morgan fingerprint density at radius 3 is 2.56 bits per heavy atom. The molecule has 1 aromatic rings. The van der Waals surface area contributed by atoms with Crippen LogP contribution in [-0.2, 0) is 15.9 Å². The van der Waals surface area contributed by atoms with E-state index in [2.05, 4.69) is 5.32 Å². The fraction of sp³-hybridized carbons (Fsp3) is 0.273. The van der Waals surface area contributed by atoms with Crippen LogP contribution in [0.5, 0.6) is 0 Å². The van der Waals surface area contributed by atoms with Gasteiger partial charge in [0.25, 0.3) is 0 Å². The Morgan fingerprint density at radius 1 is 1.28 bits per heavy atom. The van der Waals surface area contributed by atoms with Gasteiger partial charge in [0, 0.05) is 24.1 Å². The topological polar surface area (TPSA) is 109 Å². The predicted molar refractivity (Wildman–Crippen MR) is 68.5 cm³/mol. The summed E-state index contributed by atoms with van der Waals surface area (Å²) in [6, 6.07) is 6.60. The fourth-order valence-electron chi connectivity index (χ4n) is 1.39. The van der Waals surface area contributed by atoms with Crippen LogP contribution < -0.4 is 11.1 Å². The van der Waals surface area contributed by atoms with E-state index in [0.29, 0.717) is 11.3 Å². The second kappa shape index (κ2) is 6.87. The molecule has 0 saturated carbocycles. The largest absolute Gasteiger partial charge is 0.371 e. The number of primary amides is 1. The quantitative estimate of drug-likeness (QED) is 0.499. The summed E-state index contributed by atoms with van der Waals surface area (Å²) >= 11 is -2.00.